The summed E-state index contributed by atoms with van der Waals surface area (Å²) >= 11 is 5.70. The van der Waals surface area contributed by atoms with Crippen LogP contribution < -0.4 is 10.1 Å². The summed E-state index contributed by atoms with van der Waals surface area (Å²) in [6.07, 6.45) is 1.90. The van der Waals surface area contributed by atoms with Gasteiger partial charge >= 0.3 is 6.01 Å². The van der Waals surface area contributed by atoms with E-state index in [1.807, 2.05) is 6.92 Å². The summed E-state index contributed by atoms with van der Waals surface area (Å²) in [5.74, 6) is 0. The second-order valence-electron chi connectivity index (χ2n) is 4.76. The first-order valence-corrected chi connectivity index (χ1v) is 7.19. The number of rotatable bonds is 7. The number of nitrogens with zero attached hydrogens (tertiary/aromatic N) is 3. The van der Waals surface area contributed by atoms with E-state index in [2.05, 4.69) is 20.4 Å². The molecule has 1 aromatic heterocycles. The molecule has 0 unspecified atom stereocenters. The van der Waals surface area contributed by atoms with Gasteiger partial charge in [0.05, 0.1) is 0 Å². The molecule has 24 heavy (non-hydrogen) atoms. The smallest absolute Gasteiger partial charge is 0.316 e. The Morgan fingerprint density at radius 2 is 2.12 bits per heavy atom. The zero-order valence-corrected chi connectivity index (χ0v) is 13.4. The first-order chi connectivity index (χ1) is 11.5. The highest BCUT2D eigenvalue weighted by Crippen LogP contribution is 2.29. The summed E-state index contributed by atoms with van der Waals surface area (Å²) in [6.45, 7) is 1.80. The number of aromatic nitrogens is 2. The quantitative estimate of drug-likeness (QED) is 0.704. The largest absolute Gasteiger partial charge is 0.457 e. The molecule has 2 rings (SSSR count). The zero-order valence-electron chi connectivity index (χ0n) is 12.6. The van der Waals surface area contributed by atoms with Crippen LogP contribution in [-0.4, -0.2) is 16.6 Å². The predicted molar refractivity (Wildman–Crippen MR) is 85.5 cm³/mol. The molecule has 0 fully saturated rings. The molecule has 0 radical (unpaired) electrons. The Bertz CT molecular complexity index is 737. The Hall–Kier alpha value is -2.61. The third-order valence-corrected chi connectivity index (χ3v) is 3.23. The normalized spacial score (nSPS) is 11.5. The molecular weight excluding hydrogens is 340 g/mol. The van der Waals surface area contributed by atoms with Crippen molar-refractivity contribution in [2.24, 2.45) is 5.11 Å². The molecule has 0 spiro atoms. The molecule has 0 atom stereocenters. The minimum Gasteiger partial charge on any atom is -0.457 e. The van der Waals surface area contributed by atoms with Gasteiger partial charge in [-0.3, -0.25) is 0 Å². The Morgan fingerprint density at radius 3 is 2.75 bits per heavy atom. The van der Waals surface area contributed by atoms with Crippen molar-refractivity contribution in [2.45, 2.75) is 13.3 Å². The van der Waals surface area contributed by atoms with Crippen LogP contribution in [0.5, 0.6) is 6.01 Å². The maximum atomic E-state index is 12.8. The number of aryl methyl sites for hydroxylation is 1. The highest BCUT2D eigenvalue weighted by Gasteiger charge is 2.12. The fraction of sp³-hybridized carbons (Fsp3) is 0.200. The number of halogens is 3. The van der Waals surface area contributed by atoms with Gasteiger partial charge in [0.2, 0.25) is 0 Å². The molecule has 0 saturated heterocycles. The summed E-state index contributed by atoms with van der Waals surface area (Å²) in [7, 11) is 0. The lowest BCUT2D eigenvalue weighted by atomic mass is 10.2. The van der Waals surface area contributed by atoms with Gasteiger partial charge in [-0.2, -0.15) is 5.11 Å². The van der Waals surface area contributed by atoms with E-state index in [-0.39, 0.29) is 28.9 Å². The maximum Gasteiger partial charge on any atom is 0.316 e. The molecule has 2 N–H and O–H groups in total. The van der Waals surface area contributed by atoms with Crippen molar-refractivity contribution >= 4 is 17.3 Å². The van der Waals surface area contributed by atoms with Gasteiger partial charge in [0, 0.05) is 34.9 Å². The van der Waals surface area contributed by atoms with Crippen LogP contribution in [0, 0.1) is 12.5 Å². The van der Waals surface area contributed by atoms with Gasteiger partial charge in [-0.05, 0) is 30.7 Å². The van der Waals surface area contributed by atoms with Crippen LogP contribution in [0.4, 0.5) is 14.5 Å². The average Bonchev–Trinajstić information content (AvgIpc) is 2.57. The number of alkyl halides is 2. The maximum absolute atomic E-state index is 12.8. The standard InChI is InChI=1S/C15H14ClF2N5O/c1-9-5-21-15(22-6-9)24-8-11(23-19)7-20-10-2-3-13(16)12(4-10)14(17)18/h2-7,14,19-20H,8H2,1H3/b11-7-,23-19?. The van der Waals surface area contributed by atoms with Crippen molar-refractivity contribution in [3.8, 4) is 6.01 Å². The molecule has 0 amide bonds. The molecule has 1 aromatic carbocycles. The van der Waals surface area contributed by atoms with Gasteiger partial charge in [0.1, 0.15) is 12.3 Å². The lowest BCUT2D eigenvalue weighted by Gasteiger charge is -2.08. The molecule has 0 bridgehead atoms. The second kappa shape index (κ2) is 8.30. The van der Waals surface area contributed by atoms with Crippen LogP contribution in [0.3, 0.4) is 0 Å². The van der Waals surface area contributed by atoms with Gasteiger partial charge < -0.3 is 10.1 Å². The second-order valence-corrected chi connectivity index (χ2v) is 5.17. The van der Waals surface area contributed by atoms with Crippen LogP contribution in [0.1, 0.15) is 17.6 Å². The highest BCUT2D eigenvalue weighted by atomic mass is 35.5. The minimum absolute atomic E-state index is 0.00946. The molecule has 1 heterocycles. The Labute approximate surface area is 142 Å². The number of benzene rings is 1. The Kier molecular flexibility index (Phi) is 6.14. The number of ether oxygens (including phenoxy) is 1. The van der Waals surface area contributed by atoms with Gasteiger partial charge in [-0.25, -0.2) is 24.3 Å². The van der Waals surface area contributed by atoms with E-state index >= 15 is 0 Å². The summed E-state index contributed by atoms with van der Waals surface area (Å²) in [4.78, 5) is 7.92. The van der Waals surface area contributed by atoms with Gasteiger partial charge in [0.25, 0.3) is 6.43 Å². The highest BCUT2D eigenvalue weighted by molar-refractivity contribution is 6.31. The fourth-order valence-corrected chi connectivity index (χ4v) is 1.87. The van der Waals surface area contributed by atoms with Gasteiger partial charge in [0.15, 0.2) is 0 Å². The van der Waals surface area contributed by atoms with Gasteiger partial charge in [-0.1, -0.05) is 11.6 Å². The van der Waals surface area contributed by atoms with Crippen molar-refractivity contribution in [3.05, 3.63) is 58.6 Å². The topological polar surface area (TPSA) is 83.2 Å². The first-order valence-electron chi connectivity index (χ1n) is 6.81. The molecule has 0 saturated carbocycles. The summed E-state index contributed by atoms with van der Waals surface area (Å²) in [5, 5.41) is 6.07. The monoisotopic (exact) mass is 353 g/mol. The zero-order chi connectivity index (χ0) is 17.5. The minimum atomic E-state index is -2.68. The van der Waals surface area contributed by atoms with Crippen LogP contribution in [-0.2, 0) is 0 Å². The number of hydrogen-bond acceptors (Lipinski definition) is 6. The van der Waals surface area contributed by atoms with Crippen molar-refractivity contribution in [3.63, 3.8) is 0 Å². The van der Waals surface area contributed by atoms with E-state index in [1.54, 1.807) is 12.4 Å². The molecule has 2 aromatic rings. The van der Waals surface area contributed by atoms with Crippen molar-refractivity contribution < 1.29 is 13.5 Å². The van der Waals surface area contributed by atoms with Crippen LogP contribution in [0.2, 0.25) is 5.02 Å². The lowest BCUT2D eigenvalue weighted by Crippen LogP contribution is -2.04. The molecule has 6 nitrogen and oxygen atoms in total. The summed E-state index contributed by atoms with van der Waals surface area (Å²) in [6, 6.07) is 4.29. The van der Waals surface area contributed by atoms with E-state index in [0.29, 0.717) is 5.69 Å². The average molecular weight is 354 g/mol. The van der Waals surface area contributed by atoms with Crippen LogP contribution in [0.25, 0.3) is 0 Å². The van der Waals surface area contributed by atoms with E-state index in [9.17, 15) is 8.78 Å². The SMILES string of the molecule is Cc1cnc(OC/C(=C/Nc2ccc(Cl)c(C(F)F)c2)N=N)nc1. The van der Waals surface area contributed by atoms with E-state index in [1.165, 1.54) is 24.4 Å². The molecule has 126 valence electrons. The van der Waals surface area contributed by atoms with Crippen molar-refractivity contribution in [2.75, 3.05) is 11.9 Å². The number of anilines is 1. The number of hydrogen-bond donors (Lipinski definition) is 2. The van der Waals surface area contributed by atoms with E-state index in [4.69, 9.17) is 21.9 Å². The molecular formula is C15H14ClF2N5O. The summed E-state index contributed by atoms with van der Waals surface area (Å²) in [5.41, 5.74) is 8.36. The number of nitrogens with one attached hydrogen (secondary N) is 2. The van der Waals surface area contributed by atoms with Crippen LogP contribution >= 0.6 is 11.6 Å². The first kappa shape index (κ1) is 17.7. The molecule has 0 aliphatic rings. The van der Waals surface area contributed by atoms with Crippen molar-refractivity contribution in [1.82, 2.24) is 9.97 Å². The fourth-order valence-electron chi connectivity index (χ4n) is 1.67. The summed E-state index contributed by atoms with van der Waals surface area (Å²) < 4.78 is 30.9. The third kappa shape index (κ3) is 4.95. The van der Waals surface area contributed by atoms with Gasteiger partial charge in [-0.15, -0.1) is 0 Å². The molecule has 9 heteroatoms. The Morgan fingerprint density at radius 1 is 1.42 bits per heavy atom. The predicted octanol–water partition coefficient (Wildman–Crippen LogP) is 4.74. The van der Waals surface area contributed by atoms with E-state index < -0.39 is 6.43 Å². The van der Waals surface area contributed by atoms with Crippen LogP contribution in [0.15, 0.2) is 47.6 Å². The lowest BCUT2D eigenvalue weighted by molar-refractivity contribution is 0.151. The molecule has 0 aliphatic carbocycles. The molecule has 0 aliphatic heterocycles. The van der Waals surface area contributed by atoms with Crippen molar-refractivity contribution in [1.29, 1.82) is 5.53 Å². The Balaban J connectivity index is 2.01. The third-order valence-electron chi connectivity index (χ3n) is 2.89. The van der Waals surface area contributed by atoms with E-state index in [0.717, 1.165) is 5.56 Å².